The molecule has 9 heteroatoms. The molecular formula is C28H26N4O5. The first-order valence-corrected chi connectivity index (χ1v) is 12.1. The Hall–Kier alpha value is -4.53. The van der Waals surface area contributed by atoms with Crippen molar-refractivity contribution < 1.29 is 14.5 Å². The van der Waals surface area contributed by atoms with Gasteiger partial charge in [0.2, 0.25) is 0 Å². The molecule has 0 aliphatic carbocycles. The first-order valence-electron chi connectivity index (χ1n) is 12.1. The fraction of sp³-hybridized carbons (Fsp3) is 0.250. The van der Waals surface area contributed by atoms with E-state index in [4.69, 9.17) is 0 Å². The van der Waals surface area contributed by atoms with E-state index in [2.05, 4.69) is 5.32 Å². The third-order valence-corrected chi connectivity index (χ3v) is 6.95. The number of aromatic nitrogens is 1. The molecule has 2 bridgehead atoms. The number of aryl methyl sites for hydroxylation is 1. The molecule has 5 rings (SSSR count). The highest BCUT2D eigenvalue weighted by Crippen LogP contribution is 2.35. The van der Waals surface area contributed by atoms with E-state index < -0.39 is 10.8 Å². The van der Waals surface area contributed by atoms with E-state index in [0.717, 1.165) is 17.7 Å². The molecule has 2 aliphatic heterocycles. The molecule has 1 saturated heterocycles. The summed E-state index contributed by atoms with van der Waals surface area (Å²) in [5, 5.41) is 14.0. The van der Waals surface area contributed by atoms with Crippen LogP contribution in [0, 0.1) is 23.0 Å². The molecule has 0 saturated carbocycles. The van der Waals surface area contributed by atoms with Gasteiger partial charge in [0.25, 0.3) is 23.1 Å². The molecular weight excluding hydrogens is 472 g/mol. The number of benzene rings is 2. The van der Waals surface area contributed by atoms with E-state index in [1.807, 2.05) is 25.1 Å². The normalized spacial score (nSPS) is 18.6. The number of fused-ring (bicyclic) bond motifs is 4. The van der Waals surface area contributed by atoms with Crippen LogP contribution in [0.25, 0.3) is 6.08 Å². The second-order valence-corrected chi connectivity index (χ2v) is 9.64. The number of hydrogen-bond acceptors (Lipinski definition) is 5. The lowest BCUT2D eigenvalue weighted by Crippen LogP contribution is -2.50. The van der Waals surface area contributed by atoms with Gasteiger partial charge in [0.05, 0.1) is 4.92 Å². The van der Waals surface area contributed by atoms with E-state index in [1.54, 1.807) is 39.8 Å². The van der Waals surface area contributed by atoms with Gasteiger partial charge in [-0.05, 0) is 49.1 Å². The smallest absolute Gasteiger partial charge is 0.270 e. The summed E-state index contributed by atoms with van der Waals surface area (Å²) in [7, 11) is 0. The molecule has 0 radical (unpaired) electrons. The predicted molar refractivity (Wildman–Crippen MR) is 138 cm³/mol. The molecule has 9 nitrogen and oxygen atoms in total. The van der Waals surface area contributed by atoms with Crippen molar-refractivity contribution >= 4 is 23.6 Å². The van der Waals surface area contributed by atoms with Crippen LogP contribution >= 0.6 is 0 Å². The van der Waals surface area contributed by atoms with Crippen LogP contribution in [-0.4, -0.2) is 39.3 Å². The second-order valence-electron chi connectivity index (χ2n) is 9.64. The van der Waals surface area contributed by atoms with Crippen molar-refractivity contribution in [3.8, 4) is 0 Å². The number of piperidine rings is 1. The summed E-state index contributed by atoms with van der Waals surface area (Å²) in [5.41, 5.74) is 2.62. The summed E-state index contributed by atoms with van der Waals surface area (Å²) in [6, 6.07) is 18.1. The van der Waals surface area contributed by atoms with Crippen LogP contribution in [0.2, 0.25) is 0 Å². The molecule has 2 atom stereocenters. The van der Waals surface area contributed by atoms with Gasteiger partial charge in [0, 0.05) is 55.0 Å². The number of pyridine rings is 1. The Morgan fingerprint density at radius 3 is 2.54 bits per heavy atom. The SMILES string of the molecule is Cc1ccc(C(=O)N/C(=C\c2cccc([N+](=O)[O-])c2)C(=O)N2CC3CC(C2)c2cccc(=O)n2C3)cc1. The third kappa shape index (κ3) is 5.06. The molecule has 1 aromatic heterocycles. The molecule has 37 heavy (non-hydrogen) atoms. The maximum Gasteiger partial charge on any atom is 0.270 e. The lowest BCUT2D eigenvalue weighted by molar-refractivity contribution is -0.384. The monoisotopic (exact) mass is 498 g/mol. The molecule has 1 N–H and O–H groups in total. The van der Waals surface area contributed by atoms with Gasteiger partial charge < -0.3 is 14.8 Å². The van der Waals surface area contributed by atoms with Crippen molar-refractivity contribution in [2.45, 2.75) is 25.8 Å². The minimum atomic E-state index is -0.505. The van der Waals surface area contributed by atoms with E-state index in [1.165, 1.54) is 24.3 Å². The topological polar surface area (TPSA) is 115 Å². The summed E-state index contributed by atoms with van der Waals surface area (Å²) in [4.78, 5) is 51.7. The third-order valence-electron chi connectivity index (χ3n) is 6.95. The van der Waals surface area contributed by atoms with Gasteiger partial charge in [-0.15, -0.1) is 0 Å². The number of nitrogens with one attached hydrogen (secondary N) is 1. The minimum absolute atomic E-state index is 0.0113. The highest BCUT2D eigenvalue weighted by molar-refractivity contribution is 6.05. The zero-order chi connectivity index (χ0) is 26.1. The first-order chi connectivity index (χ1) is 17.8. The van der Waals surface area contributed by atoms with E-state index in [9.17, 15) is 24.5 Å². The Bertz CT molecular complexity index is 1470. The Balaban J connectivity index is 1.46. The largest absolute Gasteiger partial charge is 0.336 e. The maximum atomic E-state index is 13.8. The van der Waals surface area contributed by atoms with E-state index >= 15 is 0 Å². The van der Waals surface area contributed by atoms with Gasteiger partial charge in [-0.1, -0.05) is 35.9 Å². The van der Waals surface area contributed by atoms with Crippen LogP contribution in [-0.2, 0) is 11.3 Å². The number of hydrogen-bond donors (Lipinski definition) is 1. The number of amides is 2. The van der Waals surface area contributed by atoms with Crippen molar-refractivity contribution in [2.75, 3.05) is 13.1 Å². The highest BCUT2D eigenvalue weighted by Gasteiger charge is 2.37. The molecule has 1 fully saturated rings. The van der Waals surface area contributed by atoms with Crippen LogP contribution in [0.3, 0.4) is 0 Å². The summed E-state index contributed by atoms with van der Waals surface area (Å²) in [6.45, 7) is 3.31. The van der Waals surface area contributed by atoms with Gasteiger partial charge in [0.15, 0.2) is 0 Å². The van der Waals surface area contributed by atoms with Crippen LogP contribution in [0.5, 0.6) is 0 Å². The number of carbonyl (C=O) groups is 2. The Kier molecular flexibility index (Phi) is 6.43. The van der Waals surface area contributed by atoms with Crippen molar-refractivity contribution in [3.05, 3.63) is 115 Å². The Morgan fingerprint density at radius 1 is 1.03 bits per heavy atom. The molecule has 2 amide bonds. The average molecular weight is 499 g/mol. The number of likely N-dealkylation sites (tertiary alicyclic amines) is 1. The van der Waals surface area contributed by atoms with Gasteiger partial charge in [-0.2, -0.15) is 0 Å². The fourth-order valence-corrected chi connectivity index (χ4v) is 5.18. The van der Waals surface area contributed by atoms with Gasteiger partial charge in [0.1, 0.15) is 5.70 Å². The summed E-state index contributed by atoms with van der Waals surface area (Å²) in [6.07, 6.45) is 2.36. The number of rotatable bonds is 5. The molecule has 0 spiro atoms. The average Bonchev–Trinajstić information content (AvgIpc) is 2.89. The quantitative estimate of drug-likeness (QED) is 0.329. The standard InChI is InChI=1S/C28H26N4O5/c1-18-8-10-21(11-9-18)27(34)29-24(14-19-4-2-5-23(13-19)32(36)37)28(35)30-15-20-12-22(17-30)25-6-3-7-26(33)31(25)16-20/h2-11,13-14,20,22H,12,15-17H2,1H3,(H,29,34)/b24-14-. The predicted octanol–water partition coefficient (Wildman–Crippen LogP) is 3.48. The Labute approximate surface area is 213 Å². The van der Waals surface area contributed by atoms with Crippen LogP contribution < -0.4 is 10.9 Å². The van der Waals surface area contributed by atoms with Crippen LogP contribution in [0.1, 0.15) is 39.5 Å². The van der Waals surface area contributed by atoms with Crippen LogP contribution in [0.15, 0.2) is 77.2 Å². The van der Waals surface area contributed by atoms with Crippen molar-refractivity contribution in [1.82, 2.24) is 14.8 Å². The highest BCUT2D eigenvalue weighted by atomic mass is 16.6. The number of nitro benzene ring substituents is 1. The summed E-state index contributed by atoms with van der Waals surface area (Å²) >= 11 is 0. The van der Waals surface area contributed by atoms with Crippen LogP contribution in [0.4, 0.5) is 5.69 Å². The van der Waals surface area contributed by atoms with Crippen molar-refractivity contribution in [2.24, 2.45) is 5.92 Å². The van der Waals surface area contributed by atoms with Gasteiger partial charge >= 0.3 is 0 Å². The van der Waals surface area contributed by atoms with Crippen molar-refractivity contribution in [3.63, 3.8) is 0 Å². The molecule has 188 valence electrons. The van der Waals surface area contributed by atoms with Crippen molar-refractivity contribution in [1.29, 1.82) is 0 Å². The minimum Gasteiger partial charge on any atom is -0.336 e. The van der Waals surface area contributed by atoms with E-state index in [-0.39, 0.29) is 34.7 Å². The number of non-ortho nitro benzene ring substituents is 1. The molecule has 2 unspecified atom stereocenters. The fourth-order valence-electron chi connectivity index (χ4n) is 5.18. The molecule has 2 aliphatic rings. The summed E-state index contributed by atoms with van der Waals surface area (Å²) in [5.74, 6) is -0.688. The molecule has 2 aromatic carbocycles. The Morgan fingerprint density at radius 2 is 1.78 bits per heavy atom. The lowest BCUT2D eigenvalue weighted by atomic mass is 9.83. The van der Waals surface area contributed by atoms with Gasteiger partial charge in [-0.25, -0.2) is 0 Å². The number of nitro groups is 1. The number of carbonyl (C=O) groups excluding carboxylic acids is 2. The first kappa shape index (κ1) is 24.2. The lowest BCUT2D eigenvalue weighted by Gasteiger charge is -2.43. The van der Waals surface area contributed by atoms with Gasteiger partial charge in [-0.3, -0.25) is 24.5 Å². The number of nitrogens with zero attached hydrogens (tertiary/aromatic N) is 3. The zero-order valence-corrected chi connectivity index (χ0v) is 20.3. The maximum absolute atomic E-state index is 13.8. The molecule has 3 aromatic rings. The zero-order valence-electron chi connectivity index (χ0n) is 20.3. The molecule has 3 heterocycles. The summed E-state index contributed by atoms with van der Waals surface area (Å²) < 4.78 is 1.79. The van der Waals surface area contributed by atoms with E-state index in [0.29, 0.717) is 30.8 Å². The second kappa shape index (κ2) is 9.85.